The molecule has 1 amide bonds. The lowest BCUT2D eigenvalue weighted by molar-refractivity contribution is -0.120. The van der Waals surface area contributed by atoms with Crippen molar-refractivity contribution < 1.29 is 28.9 Å². The van der Waals surface area contributed by atoms with Crippen molar-refractivity contribution in [3.05, 3.63) is 89.0 Å². The molecule has 0 atom stereocenters. The number of hydrogen-bond donors (Lipinski definition) is 2. The molecule has 0 saturated heterocycles. The summed E-state index contributed by atoms with van der Waals surface area (Å²) < 4.78 is 16.3. The second kappa shape index (κ2) is 11.3. The minimum absolute atomic E-state index is 0.174. The van der Waals surface area contributed by atoms with E-state index in [2.05, 4.69) is 10.5 Å². The average molecular weight is 448 g/mol. The van der Waals surface area contributed by atoms with Crippen molar-refractivity contribution in [2.75, 3.05) is 14.2 Å². The van der Waals surface area contributed by atoms with Crippen molar-refractivity contribution >= 4 is 18.1 Å². The third-order valence-corrected chi connectivity index (χ3v) is 4.66. The van der Waals surface area contributed by atoms with Gasteiger partial charge in [-0.2, -0.15) is 5.10 Å². The van der Waals surface area contributed by atoms with Crippen molar-refractivity contribution in [1.29, 1.82) is 0 Å². The van der Waals surface area contributed by atoms with E-state index in [1.807, 2.05) is 18.2 Å². The molecule has 0 aliphatic rings. The van der Waals surface area contributed by atoms with Crippen LogP contribution < -0.4 is 19.6 Å². The highest BCUT2D eigenvalue weighted by Gasteiger charge is 2.08. The number of carbonyl (C=O) groups excluding carboxylic acids is 1. The van der Waals surface area contributed by atoms with Crippen molar-refractivity contribution in [1.82, 2.24) is 5.43 Å². The van der Waals surface area contributed by atoms with Gasteiger partial charge in [0.25, 0.3) is 0 Å². The van der Waals surface area contributed by atoms with E-state index in [0.717, 1.165) is 11.1 Å². The number of carboxylic acid groups (broad SMARTS) is 1. The molecule has 3 aromatic carbocycles. The Morgan fingerprint density at radius 1 is 0.939 bits per heavy atom. The number of amides is 1. The molecule has 0 radical (unpaired) electrons. The largest absolute Gasteiger partial charge is 0.497 e. The predicted molar refractivity (Wildman–Crippen MR) is 123 cm³/mol. The summed E-state index contributed by atoms with van der Waals surface area (Å²) in [6.45, 7) is 0.186. The number of nitrogens with one attached hydrogen (secondary N) is 1. The molecule has 0 bridgehead atoms. The molecule has 0 aliphatic heterocycles. The van der Waals surface area contributed by atoms with E-state index in [9.17, 15) is 9.59 Å². The van der Waals surface area contributed by atoms with E-state index in [-0.39, 0.29) is 24.5 Å². The lowest BCUT2D eigenvalue weighted by atomic mass is 10.1. The fourth-order valence-electron chi connectivity index (χ4n) is 3.03. The van der Waals surface area contributed by atoms with Crippen molar-refractivity contribution in [3.8, 4) is 17.2 Å². The van der Waals surface area contributed by atoms with Gasteiger partial charge in [-0.15, -0.1) is 0 Å². The maximum Gasteiger partial charge on any atom is 0.335 e. The Morgan fingerprint density at radius 2 is 1.73 bits per heavy atom. The second-order valence-corrected chi connectivity index (χ2v) is 7.03. The number of methoxy groups -OCH3 is 2. The van der Waals surface area contributed by atoms with Gasteiger partial charge in [0.1, 0.15) is 12.4 Å². The Balaban J connectivity index is 1.58. The van der Waals surface area contributed by atoms with Crippen LogP contribution in [0, 0.1) is 0 Å². The molecule has 8 heteroatoms. The zero-order chi connectivity index (χ0) is 23.6. The monoisotopic (exact) mass is 448 g/mol. The molecule has 3 aromatic rings. The highest BCUT2D eigenvalue weighted by molar-refractivity contribution is 5.87. The number of carboxylic acids is 1. The fraction of sp³-hybridized carbons (Fsp3) is 0.160. The first-order valence-electron chi connectivity index (χ1n) is 10.1. The van der Waals surface area contributed by atoms with E-state index < -0.39 is 5.97 Å². The van der Waals surface area contributed by atoms with Gasteiger partial charge in [-0.25, -0.2) is 10.2 Å². The molecular formula is C25H24N2O6. The first kappa shape index (κ1) is 23.3. The summed E-state index contributed by atoms with van der Waals surface area (Å²) in [6, 6.07) is 19.0. The van der Waals surface area contributed by atoms with Gasteiger partial charge in [-0.3, -0.25) is 4.79 Å². The molecular weight excluding hydrogens is 424 g/mol. The molecule has 0 spiro atoms. The minimum Gasteiger partial charge on any atom is -0.497 e. The number of ether oxygens (including phenoxy) is 3. The maximum absolute atomic E-state index is 12.1. The molecule has 0 aliphatic carbocycles. The van der Waals surface area contributed by atoms with Crippen LogP contribution in [0.2, 0.25) is 0 Å². The molecule has 0 heterocycles. The molecule has 0 unspecified atom stereocenters. The molecule has 33 heavy (non-hydrogen) atoms. The lowest BCUT2D eigenvalue weighted by Gasteiger charge is -2.11. The maximum atomic E-state index is 12.1. The van der Waals surface area contributed by atoms with Gasteiger partial charge in [-0.1, -0.05) is 24.3 Å². The zero-order valence-electron chi connectivity index (χ0n) is 18.3. The Morgan fingerprint density at radius 3 is 2.48 bits per heavy atom. The van der Waals surface area contributed by atoms with E-state index in [0.29, 0.717) is 22.8 Å². The summed E-state index contributed by atoms with van der Waals surface area (Å²) in [5.74, 6) is 0.421. The highest BCUT2D eigenvalue weighted by atomic mass is 16.5. The van der Waals surface area contributed by atoms with Gasteiger partial charge in [0.15, 0.2) is 11.5 Å². The summed E-state index contributed by atoms with van der Waals surface area (Å²) in [6.07, 6.45) is 1.68. The fourth-order valence-corrected chi connectivity index (χ4v) is 3.03. The van der Waals surface area contributed by atoms with E-state index in [4.69, 9.17) is 19.3 Å². The van der Waals surface area contributed by atoms with Crippen molar-refractivity contribution in [3.63, 3.8) is 0 Å². The van der Waals surface area contributed by atoms with Gasteiger partial charge in [0, 0.05) is 0 Å². The first-order chi connectivity index (χ1) is 16.0. The average Bonchev–Trinajstić information content (AvgIpc) is 2.83. The summed E-state index contributed by atoms with van der Waals surface area (Å²) in [5.41, 5.74) is 4.94. The van der Waals surface area contributed by atoms with Crippen LogP contribution in [0.1, 0.15) is 27.0 Å². The van der Waals surface area contributed by atoms with Gasteiger partial charge < -0.3 is 19.3 Å². The Hall–Kier alpha value is -4.33. The quantitative estimate of drug-likeness (QED) is 0.362. The topological polar surface area (TPSA) is 106 Å². The van der Waals surface area contributed by atoms with Crippen LogP contribution in [0.15, 0.2) is 71.8 Å². The predicted octanol–water partition coefficient (Wildman–Crippen LogP) is 3.67. The number of hydrazone groups is 1. The Kier molecular flexibility index (Phi) is 8.02. The number of aromatic carboxylic acids is 1. The summed E-state index contributed by atoms with van der Waals surface area (Å²) in [7, 11) is 3.09. The third kappa shape index (κ3) is 6.83. The van der Waals surface area contributed by atoms with Crippen LogP contribution in [-0.2, 0) is 17.8 Å². The SMILES string of the molecule is COc1cccc(CC(=O)N/N=C/c2ccc(OCc3cccc(C(=O)O)c3)c(OC)c2)c1. The van der Waals surface area contributed by atoms with Crippen LogP contribution in [0.25, 0.3) is 0 Å². The first-order valence-corrected chi connectivity index (χ1v) is 10.1. The van der Waals surface area contributed by atoms with Gasteiger partial charge >= 0.3 is 5.97 Å². The van der Waals surface area contributed by atoms with Gasteiger partial charge in [0.2, 0.25) is 5.91 Å². The standard InChI is InChI=1S/C25H24N2O6/c1-31-21-8-4-5-17(12-21)14-24(28)27-26-15-18-9-10-22(23(13-18)32-2)33-16-19-6-3-7-20(11-19)25(29)30/h3-13,15H,14,16H2,1-2H3,(H,27,28)(H,29,30)/b26-15+. The molecule has 2 N–H and O–H groups in total. The second-order valence-electron chi connectivity index (χ2n) is 7.03. The molecule has 0 saturated carbocycles. The van der Waals surface area contributed by atoms with Crippen LogP contribution >= 0.6 is 0 Å². The number of benzene rings is 3. The normalized spacial score (nSPS) is 10.6. The van der Waals surface area contributed by atoms with E-state index in [1.54, 1.807) is 49.6 Å². The molecule has 3 rings (SSSR count). The van der Waals surface area contributed by atoms with Crippen LogP contribution in [0.5, 0.6) is 17.2 Å². The number of carbonyl (C=O) groups is 2. The number of rotatable bonds is 10. The molecule has 0 aromatic heterocycles. The van der Waals surface area contributed by atoms with E-state index >= 15 is 0 Å². The van der Waals surface area contributed by atoms with Crippen molar-refractivity contribution in [2.24, 2.45) is 5.10 Å². The van der Waals surface area contributed by atoms with Crippen LogP contribution in [0.3, 0.4) is 0 Å². The molecule has 0 fully saturated rings. The van der Waals surface area contributed by atoms with E-state index in [1.165, 1.54) is 19.4 Å². The lowest BCUT2D eigenvalue weighted by Crippen LogP contribution is -2.19. The summed E-state index contributed by atoms with van der Waals surface area (Å²) in [4.78, 5) is 23.2. The number of nitrogens with zero attached hydrogens (tertiary/aromatic N) is 1. The van der Waals surface area contributed by atoms with Crippen molar-refractivity contribution in [2.45, 2.75) is 13.0 Å². The van der Waals surface area contributed by atoms with Crippen LogP contribution in [-0.4, -0.2) is 37.4 Å². The highest BCUT2D eigenvalue weighted by Crippen LogP contribution is 2.28. The Bertz CT molecular complexity index is 1160. The smallest absolute Gasteiger partial charge is 0.335 e. The Labute approximate surface area is 191 Å². The minimum atomic E-state index is -0.992. The zero-order valence-corrected chi connectivity index (χ0v) is 18.3. The van der Waals surface area contributed by atoms with Crippen LogP contribution in [0.4, 0.5) is 0 Å². The molecule has 170 valence electrons. The van der Waals surface area contributed by atoms with Gasteiger partial charge in [0.05, 0.1) is 32.4 Å². The summed E-state index contributed by atoms with van der Waals surface area (Å²) in [5, 5.41) is 13.1. The van der Waals surface area contributed by atoms with Gasteiger partial charge in [-0.05, 0) is 59.2 Å². The number of hydrogen-bond acceptors (Lipinski definition) is 6. The third-order valence-electron chi connectivity index (χ3n) is 4.66. The summed E-state index contributed by atoms with van der Waals surface area (Å²) >= 11 is 0. The molecule has 8 nitrogen and oxygen atoms in total.